The zero-order chi connectivity index (χ0) is 9.14. The van der Waals surface area contributed by atoms with Gasteiger partial charge in [-0.15, -0.1) is 6.54 Å². The zero-order valence-electron chi connectivity index (χ0n) is 6.44. The van der Waals surface area contributed by atoms with Crippen molar-refractivity contribution in [1.29, 1.82) is 0 Å². The predicted octanol–water partition coefficient (Wildman–Crippen LogP) is 2.61. The maximum absolute atomic E-state index is 12.8. The number of hydrogen-bond acceptors (Lipinski definition) is 0. The topological polar surface area (TPSA) is 14.1 Å². The minimum Gasteiger partial charge on any atom is -0.661 e. The molecule has 0 aromatic heterocycles. The van der Waals surface area contributed by atoms with Gasteiger partial charge in [0.25, 0.3) is 0 Å². The number of hydrogen-bond donors (Lipinski definition) is 0. The highest BCUT2D eigenvalue weighted by Gasteiger charge is 2.07. The largest absolute Gasteiger partial charge is 0.661 e. The highest BCUT2D eigenvalue weighted by atomic mass is 19.2. The summed E-state index contributed by atoms with van der Waals surface area (Å²) >= 11 is 0. The molecular weight excluding hydrogens is 167 g/mol. The molecule has 0 spiro atoms. The monoisotopic (exact) mass is 174 g/mol. The SMILES string of the molecule is C[N-]Cc1cc(F)cc(F)c1F. The Balaban J connectivity index is 3.09. The zero-order valence-corrected chi connectivity index (χ0v) is 6.44. The van der Waals surface area contributed by atoms with Crippen molar-refractivity contribution in [3.63, 3.8) is 0 Å². The Morgan fingerprint density at radius 3 is 2.50 bits per heavy atom. The van der Waals surface area contributed by atoms with Gasteiger partial charge in [0, 0.05) is 6.07 Å². The van der Waals surface area contributed by atoms with Crippen molar-refractivity contribution in [2.45, 2.75) is 6.54 Å². The molecule has 0 saturated carbocycles. The first-order valence-electron chi connectivity index (χ1n) is 3.34. The normalized spacial score (nSPS) is 10.3. The molecule has 4 heteroatoms. The molecule has 0 N–H and O–H groups in total. The molecule has 0 heterocycles. The number of nitrogens with zero attached hydrogens (tertiary/aromatic N) is 1. The molecule has 0 aliphatic rings. The molecule has 1 rings (SSSR count). The Kier molecular flexibility index (Phi) is 2.70. The smallest absolute Gasteiger partial charge is 0.161 e. The molecule has 1 aromatic rings. The third-order valence-electron chi connectivity index (χ3n) is 1.40. The van der Waals surface area contributed by atoms with Crippen LogP contribution in [0.4, 0.5) is 13.2 Å². The average Bonchev–Trinajstić information content (AvgIpc) is 2.00. The average molecular weight is 174 g/mol. The van der Waals surface area contributed by atoms with Gasteiger partial charge in [-0.2, -0.15) is 7.05 Å². The van der Waals surface area contributed by atoms with E-state index in [1.807, 2.05) is 0 Å². The van der Waals surface area contributed by atoms with Crippen molar-refractivity contribution < 1.29 is 13.2 Å². The van der Waals surface area contributed by atoms with Gasteiger partial charge in [-0.05, 0) is 11.6 Å². The second-order valence-electron chi connectivity index (χ2n) is 2.34. The summed E-state index contributed by atoms with van der Waals surface area (Å²) in [6.45, 7) is -0.0134. The van der Waals surface area contributed by atoms with Crippen molar-refractivity contribution in [3.05, 3.63) is 40.5 Å². The lowest BCUT2D eigenvalue weighted by Crippen LogP contribution is -1.95. The summed E-state index contributed by atoms with van der Waals surface area (Å²) in [5.41, 5.74) is -0.0602. The third kappa shape index (κ3) is 1.76. The Labute approximate surface area is 68.2 Å². The molecule has 0 atom stereocenters. The lowest BCUT2D eigenvalue weighted by molar-refractivity contribution is 0.486. The first kappa shape index (κ1) is 9.06. The third-order valence-corrected chi connectivity index (χ3v) is 1.40. The van der Waals surface area contributed by atoms with E-state index in [1.165, 1.54) is 7.05 Å². The minimum absolute atomic E-state index is 0.0134. The highest BCUT2D eigenvalue weighted by Crippen LogP contribution is 2.15. The van der Waals surface area contributed by atoms with Crippen LogP contribution >= 0.6 is 0 Å². The van der Waals surface area contributed by atoms with E-state index in [1.54, 1.807) is 0 Å². The summed E-state index contributed by atoms with van der Waals surface area (Å²) in [5.74, 6) is -2.98. The molecule has 0 unspecified atom stereocenters. The molecule has 1 aromatic carbocycles. The number of halogens is 3. The van der Waals surface area contributed by atoms with Gasteiger partial charge in [0.05, 0.1) is 0 Å². The van der Waals surface area contributed by atoms with Crippen LogP contribution in [0.2, 0.25) is 0 Å². The predicted molar refractivity (Wildman–Crippen MR) is 39.3 cm³/mol. The van der Waals surface area contributed by atoms with Crippen LogP contribution in [0.5, 0.6) is 0 Å². The molecule has 0 bridgehead atoms. The summed E-state index contributed by atoms with van der Waals surface area (Å²) < 4.78 is 37.8. The van der Waals surface area contributed by atoms with Gasteiger partial charge in [-0.3, -0.25) is 0 Å². The van der Waals surface area contributed by atoms with Gasteiger partial charge in [-0.1, -0.05) is 0 Å². The van der Waals surface area contributed by atoms with Crippen LogP contribution in [0.3, 0.4) is 0 Å². The van der Waals surface area contributed by atoms with Gasteiger partial charge in [0.2, 0.25) is 0 Å². The molecular formula is C8H7F3N-. The van der Waals surface area contributed by atoms with E-state index in [0.717, 1.165) is 6.07 Å². The maximum atomic E-state index is 12.8. The molecule has 0 saturated heterocycles. The van der Waals surface area contributed by atoms with Crippen LogP contribution in [0.1, 0.15) is 5.56 Å². The maximum Gasteiger partial charge on any atom is 0.161 e. The molecule has 0 amide bonds. The van der Waals surface area contributed by atoms with Gasteiger partial charge < -0.3 is 5.32 Å². The molecule has 0 aliphatic carbocycles. The molecule has 12 heavy (non-hydrogen) atoms. The van der Waals surface area contributed by atoms with Gasteiger partial charge in [0.1, 0.15) is 5.82 Å². The Hall–Kier alpha value is -1.03. The van der Waals surface area contributed by atoms with E-state index in [-0.39, 0.29) is 12.1 Å². The van der Waals surface area contributed by atoms with Crippen molar-refractivity contribution in [2.24, 2.45) is 0 Å². The number of rotatable bonds is 2. The van der Waals surface area contributed by atoms with Crippen LogP contribution in [0.15, 0.2) is 12.1 Å². The molecule has 0 fully saturated rings. The van der Waals surface area contributed by atoms with E-state index >= 15 is 0 Å². The first-order chi connectivity index (χ1) is 5.65. The summed E-state index contributed by atoms with van der Waals surface area (Å²) in [4.78, 5) is 0. The standard InChI is InChI=1S/C8H7F3N/c1-12-4-5-2-6(9)3-7(10)8(5)11/h2-3H,4H2,1H3/q-1. The summed E-state index contributed by atoms with van der Waals surface area (Å²) in [6, 6.07) is 1.44. The highest BCUT2D eigenvalue weighted by molar-refractivity contribution is 5.21. The number of benzene rings is 1. The quantitative estimate of drug-likeness (QED) is 0.612. The van der Waals surface area contributed by atoms with Crippen LogP contribution in [0, 0.1) is 17.5 Å². The van der Waals surface area contributed by atoms with Gasteiger partial charge in [0.15, 0.2) is 11.6 Å². The van der Waals surface area contributed by atoms with E-state index in [2.05, 4.69) is 5.32 Å². The fourth-order valence-electron chi connectivity index (χ4n) is 0.895. The Bertz CT molecular complexity index is 286. The van der Waals surface area contributed by atoms with Crippen molar-refractivity contribution in [2.75, 3.05) is 7.05 Å². The summed E-state index contributed by atoms with van der Waals surface area (Å²) in [5, 5.41) is 3.58. The molecule has 66 valence electrons. The molecule has 1 nitrogen and oxygen atoms in total. The van der Waals surface area contributed by atoms with Crippen LogP contribution in [-0.2, 0) is 6.54 Å². The Morgan fingerprint density at radius 1 is 1.25 bits per heavy atom. The fraction of sp³-hybridized carbons (Fsp3) is 0.250. The lowest BCUT2D eigenvalue weighted by Gasteiger charge is -2.11. The first-order valence-corrected chi connectivity index (χ1v) is 3.34. The van der Waals surface area contributed by atoms with Gasteiger partial charge >= 0.3 is 0 Å². The van der Waals surface area contributed by atoms with Crippen molar-refractivity contribution in [1.82, 2.24) is 0 Å². The van der Waals surface area contributed by atoms with Crippen LogP contribution < -0.4 is 0 Å². The second-order valence-corrected chi connectivity index (χ2v) is 2.34. The summed E-state index contributed by atoms with van der Waals surface area (Å²) in [7, 11) is 1.45. The molecule has 0 aliphatic heterocycles. The Morgan fingerprint density at radius 2 is 1.92 bits per heavy atom. The van der Waals surface area contributed by atoms with Crippen molar-refractivity contribution >= 4 is 0 Å². The second kappa shape index (κ2) is 3.58. The summed E-state index contributed by atoms with van der Waals surface area (Å²) in [6.07, 6.45) is 0. The van der Waals surface area contributed by atoms with E-state index in [0.29, 0.717) is 6.07 Å². The van der Waals surface area contributed by atoms with Crippen molar-refractivity contribution in [3.8, 4) is 0 Å². The lowest BCUT2D eigenvalue weighted by atomic mass is 10.2. The van der Waals surface area contributed by atoms with Gasteiger partial charge in [-0.25, -0.2) is 13.2 Å². The fourth-order valence-corrected chi connectivity index (χ4v) is 0.895. The molecule has 0 radical (unpaired) electrons. The van der Waals surface area contributed by atoms with Crippen LogP contribution in [0.25, 0.3) is 5.32 Å². The minimum atomic E-state index is -1.17. The van der Waals surface area contributed by atoms with Crippen LogP contribution in [-0.4, -0.2) is 7.05 Å². The van der Waals surface area contributed by atoms with E-state index < -0.39 is 17.5 Å². The van der Waals surface area contributed by atoms with E-state index in [9.17, 15) is 13.2 Å². The van der Waals surface area contributed by atoms with E-state index in [4.69, 9.17) is 0 Å².